The molecule has 6 heteroatoms. The molecular weight excluding hydrogens is 404 g/mol. The van der Waals surface area contributed by atoms with Gasteiger partial charge in [0.1, 0.15) is 0 Å². The lowest BCUT2D eigenvalue weighted by Gasteiger charge is -2.35. The van der Waals surface area contributed by atoms with E-state index in [0.717, 1.165) is 12.1 Å². The SMILES string of the molecule is FC1(F)c2cc(Br)ccc2-c2ccc(Br)cc2C1(F)F. The molecule has 0 heterocycles. The normalized spacial score (nSPS) is 18.3. The lowest BCUT2D eigenvalue weighted by molar-refractivity contribution is -0.225. The predicted molar refractivity (Wildman–Crippen MR) is 75.1 cm³/mol. The fraction of sp³-hybridized carbons (Fsp3) is 0.143. The lowest BCUT2D eigenvalue weighted by Crippen LogP contribution is -2.39. The van der Waals surface area contributed by atoms with Crippen LogP contribution in [0.1, 0.15) is 11.1 Å². The number of hydrogen-bond donors (Lipinski definition) is 0. The van der Waals surface area contributed by atoms with Gasteiger partial charge in [0.15, 0.2) is 0 Å². The largest absolute Gasteiger partial charge is 0.340 e. The maximum atomic E-state index is 14.2. The van der Waals surface area contributed by atoms with Crippen LogP contribution in [0.3, 0.4) is 0 Å². The molecule has 0 saturated heterocycles. The van der Waals surface area contributed by atoms with Crippen molar-refractivity contribution in [2.24, 2.45) is 0 Å². The van der Waals surface area contributed by atoms with Crippen LogP contribution < -0.4 is 0 Å². The van der Waals surface area contributed by atoms with Crippen LogP contribution in [-0.4, -0.2) is 0 Å². The Labute approximate surface area is 129 Å². The van der Waals surface area contributed by atoms with Gasteiger partial charge in [-0.1, -0.05) is 44.0 Å². The smallest absolute Gasteiger partial charge is 0.194 e. The van der Waals surface area contributed by atoms with E-state index in [1.807, 2.05) is 0 Å². The zero-order valence-electron chi connectivity index (χ0n) is 9.73. The van der Waals surface area contributed by atoms with E-state index in [1.165, 1.54) is 12.1 Å². The Hall–Kier alpha value is -0.880. The van der Waals surface area contributed by atoms with Crippen LogP contribution >= 0.6 is 31.9 Å². The van der Waals surface area contributed by atoms with Gasteiger partial charge in [0, 0.05) is 20.1 Å². The number of benzene rings is 2. The fourth-order valence-corrected chi connectivity index (χ4v) is 3.08. The highest BCUT2D eigenvalue weighted by Gasteiger charge is 2.62. The van der Waals surface area contributed by atoms with Gasteiger partial charge in [0.25, 0.3) is 0 Å². The number of halogens is 6. The van der Waals surface area contributed by atoms with Gasteiger partial charge in [0.2, 0.25) is 0 Å². The summed E-state index contributed by atoms with van der Waals surface area (Å²) in [5.41, 5.74) is -1.06. The van der Waals surface area contributed by atoms with Crippen LogP contribution in [0.25, 0.3) is 11.1 Å². The molecule has 0 unspecified atom stereocenters. The van der Waals surface area contributed by atoms with E-state index < -0.39 is 23.0 Å². The Morgan fingerprint density at radius 3 is 1.35 bits per heavy atom. The molecule has 0 amide bonds. The number of rotatable bonds is 0. The van der Waals surface area contributed by atoms with Gasteiger partial charge in [0.05, 0.1) is 0 Å². The maximum Gasteiger partial charge on any atom is 0.340 e. The fourth-order valence-electron chi connectivity index (χ4n) is 2.36. The Morgan fingerprint density at radius 1 is 0.650 bits per heavy atom. The number of hydrogen-bond acceptors (Lipinski definition) is 0. The molecule has 0 fully saturated rings. The van der Waals surface area contributed by atoms with E-state index in [1.54, 1.807) is 12.1 Å². The topological polar surface area (TPSA) is 0 Å². The zero-order valence-corrected chi connectivity index (χ0v) is 12.9. The summed E-state index contributed by atoms with van der Waals surface area (Å²) in [5, 5.41) is 0. The van der Waals surface area contributed by atoms with E-state index in [0.29, 0.717) is 8.95 Å². The monoisotopic (exact) mass is 408 g/mol. The minimum Gasteiger partial charge on any atom is -0.194 e. The van der Waals surface area contributed by atoms with Crippen molar-refractivity contribution in [3.63, 3.8) is 0 Å². The first-order valence-electron chi connectivity index (χ1n) is 5.61. The molecule has 0 atom stereocenters. The second kappa shape index (κ2) is 4.31. The van der Waals surface area contributed by atoms with Crippen molar-refractivity contribution >= 4 is 31.9 Å². The zero-order chi connectivity index (χ0) is 14.7. The van der Waals surface area contributed by atoms with E-state index in [2.05, 4.69) is 31.9 Å². The highest BCUT2D eigenvalue weighted by Crippen LogP contribution is 2.58. The molecule has 0 nitrogen and oxygen atoms in total. The van der Waals surface area contributed by atoms with Crippen molar-refractivity contribution in [1.82, 2.24) is 0 Å². The first-order valence-corrected chi connectivity index (χ1v) is 7.20. The summed E-state index contributed by atoms with van der Waals surface area (Å²) in [6.07, 6.45) is 0. The minimum absolute atomic E-state index is 0.131. The first kappa shape index (κ1) is 14.1. The van der Waals surface area contributed by atoms with Crippen molar-refractivity contribution in [2.75, 3.05) is 0 Å². The average Bonchev–Trinajstić information content (AvgIpc) is 2.37. The van der Waals surface area contributed by atoms with Crippen LogP contribution in [0.2, 0.25) is 0 Å². The summed E-state index contributed by atoms with van der Waals surface area (Å²) in [4.78, 5) is 0. The molecule has 2 aromatic rings. The van der Waals surface area contributed by atoms with Crippen molar-refractivity contribution < 1.29 is 17.6 Å². The van der Waals surface area contributed by atoms with Gasteiger partial charge in [-0.25, -0.2) is 0 Å². The minimum atomic E-state index is -4.25. The summed E-state index contributed by atoms with van der Waals surface area (Å²) < 4.78 is 57.4. The highest BCUT2D eigenvalue weighted by molar-refractivity contribution is 9.10. The molecule has 0 bridgehead atoms. The molecule has 0 aromatic heterocycles. The van der Waals surface area contributed by atoms with Gasteiger partial charge in [-0.15, -0.1) is 0 Å². The highest BCUT2D eigenvalue weighted by atomic mass is 79.9. The van der Waals surface area contributed by atoms with E-state index in [9.17, 15) is 17.6 Å². The quantitative estimate of drug-likeness (QED) is 0.463. The van der Waals surface area contributed by atoms with Crippen molar-refractivity contribution in [3.8, 4) is 11.1 Å². The van der Waals surface area contributed by atoms with E-state index in [4.69, 9.17) is 0 Å². The lowest BCUT2D eigenvalue weighted by atomic mass is 9.80. The molecule has 0 spiro atoms. The maximum absolute atomic E-state index is 14.2. The Balaban J connectivity index is 2.43. The Morgan fingerprint density at radius 2 is 1.00 bits per heavy atom. The summed E-state index contributed by atoms with van der Waals surface area (Å²) in [6.45, 7) is 0. The molecule has 2 aromatic carbocycles. The van der Waals surface area contributed by atoms with Crippen LogP contribution in [0.15, 0.2) is 45.3 Å². The van der Waals surface area contributed by atoms with Gasteiger partial charge < -0.3 is 0 Å². The molecule has 0 radical (unpaired) electrons. The third-order valence-electron chi connectivity index (χ3n) is 3.32. The van der Waals surface area contributed by atoms with Gasteiger partial charge >= 0.3 is 11.8 Å². The van der Waals surface area contributed by atoms with Crippen LogP contribution in [0.4, 0.5) is 17.6 Å². The van der Waals surface area contributed by atoms with Gasteiger partial charge in [-0.3, -0.25) is 0 Å². The molecule has 1 aliphatic rings. The average molecular weight is 410 g/mol. The van der Waals surface area contributed by atoms with Crippen molar-refractivity contribution in [3.05, 3.63) is 56.5 Å². The van der Waals surface area contributed by atoms with Crippen LogP contribution in [0, 0.1) is 0 Å². The van der Waals surface area contributed by atoms with Gasteiger partial charge in [-0.05, 0) is 35.4 Å². The van der Waals surface area contributed by atoms with Gasteiger partial charge in [-0.2, -0.15) is 17.6 Å². The van der Waals surface area contributed by atoms with Crippen LogP contribution in [0.5, 0.6) is 0 Å². The molecule has 1 aliphatic carbocycles. The van der Waals surface area contributed by atoms with Crippen molar-refractivity contribution in [2.45, 2.75) is 11.8 Å². The Kier molecular flexibility index (Phi) is 3.03. The molecule has 104 valence electrons. The van der Waals surface area contributed by atoms with Crippen LogP contribution in [-0.2, 0) is 11.8 Å². The number of fused-ring (bicyclic) bond motifs is 3. The third kappa shape index (κ3) is 1.77. The summed E-state index contributed by atoms with van der Waals surface area (Å²) in [7, 11) is 0. The summed E-state index contributed by atoms with van der Waals surface area (Å²) >= 11 is 6.09. The molecule has 0 N–H and O–H groups in total. The third-order valence-corrected chi connectivity index (χ3v) is 4.31. The van der Waals surface area contributed by atoms with Crippen molar-refractivity contribution in [1.29, 1.82) is 0 Å². The van der Waals surface area contributed by atoms with E-state index >= 15 is 0 Å². The summed E-state index contributed by atoms with van der Waals surface area (Å²) in [5.74, 6) is -8.50. The Bertz CT molecular complexity index is 649. The second-order valence-corrected chi connectivity index (χ2v) is 6.36. The molecular formula is C14H6Br2F4. The number of alkyl halides is 4. The summed E-state index contributed by atoms with van der Waals surface area (Å²) in [6, 6.07) is 8.07. The molecule has 0 saturated carbocycles. The molecule has 20 heavy (non-hydrogen) atoms. The first-order chi connectivity index (χ1) is 9.25. The molecule has 3 rings (SSSR count). The van der Waals surface area contributed by atoms with E-state index in [-0.39, 0.29) is 11.1 Å². The predicted octanol–water partition coefficient (Wildman–Crippen LogP) is 6.08. The standard InChI is InChI=1S/C14H6Br2F4/c15-7-1-3-9-10-4-2-8(16)6-12(10)14(19,20)13(17,18)11(9)5-7/h1-6H. The second-order valence-electron chi connectivity index (χ2n) is 4.53. The molecule has 0 aliphatic heterocycles.